The lowest BCUT2D eigenvalue weighted by atomic mass is 10.1. The number of halogens is 3. The van der Waals surface area contributed by atoms with E-state index in [1.54, 1.807) is 17.0 Å². The van der Waals surface area contributed by atoms with Crippen LogP contribution in [0.3, 0.4) is 0 Å². The van der Waals surface area contributed by atoms with E-state index in [-0.39, 0.29) is 19.0 Å². The number of aromatic nitrogens is 1. The molecule has 6 heteroatoms. The molecule has 0 bridgehead atoms. The van der Waals surface area contributed by atoms with E-state index in [1.165, 1.54) is 6.20 Å². The highest BCUT2D eigenvalue weighted by molar-refractivity contribution is 5.27. The summed E-state index contributed by atoms with van der Waals surface area (Å²) in [6.07, 6.45) is -2.53. The monoisotopic (exact) mass is 269 g/mol. The first-order valence-electron chi connectivity index (χ1n) is 6.08. The number of nitriles is 1. The maximum atomic E-state index is 12.6. The number of hydrogen-bond acceptors (Lipinski definition) is 3. The van der Waals surface area contributed by atoms with Crippen LogP contribution in [0, 0.1) is 17.2 Å². The SMILES string of the molecule is CC(c1ccc(C#N)cn1)N1CCC(C(F)(F)F)C1. The van der Waals surface area contributed by atoms with Gasteiger partial charge in [0.25, 0.3) is 0 Å². The molecule has 2 unspecified atom stereocenters. The summed E-state index contributed by atoms with van der Waals surface area (Å²) in [5, 5.41) is 8.68. The fourth-order valence-electron chi connectivity index (χ4n) is 2.31. The smallest absolute Gasteiger partial charge is 0.294 e. The molecule has 3 nitrogen and oxygen atoms in total. The van der Waals surface area contributed by atoms with Gasteiger partial charge in [-0.25, -0.2) is 0 Å². The summed E-state index contributed by atoms with van der Waals surface area (Å²) in [6, 6.07) is 5.13. The van der Waals surface area contributed by atoms with Crippen LogP contribution >= 0.6 is 0 Å². The van der Waals surface area contributed by atoms with Crippen molar-refractivity contribution in [2.24, 2.45) is 5.92 Å². The van der Waals surface area contributed by atoms with Gasteiger partial charge in [-0.05, 0) is 32.0 Å². The quantitative estimate of drug-likeness (QED) is 0.828. The molecule has 1 saturated heterocycles. The van der Waals surface area contributed by atoms with Crippen molar-refractivity contribution in [3.05, 3.63) is 29.6 Å². The van der Waals surface area contributed by atoms with Gasteiger partial charge in [-0.3, -0.25) is 9.88 Å². The van der Waals surface area contributed by atoms with Gasteiger partial charge >= 0.3 is 6.18 Å². The Hall–Kier alpha value is -1.61. The van der Waals surface area contributed by atoms with Crippen molar-refractivity contribution >= 4 is 0 Å². The lowest BCUT2D eigenvalue weighted by Gasteiger charge is -2.24. The van der Waals surface area contributed by atoms with Crippen LogP contribution in [0.1, 0.15) is 30.6 Å². The Labute approximate surface area is 109 Å². The minimum atomic E-state index is -4.12. The summed E-state index contributed by atoms with van der Waals surface area (Å²) >= 11 is 0. The van der Waals surface area contributed by atoms with E-state index < -0.39 is 12.1 Å². The van der Waals surface area contributed by atoms with Gasteiger partial charge in [0, 0.05) is 18.8 Å². The minimum Gasteiger partial charge on any atom is -0.294 e. The van der Waals surface area contributed by atoms with Crippen molar-refractivity contribution in [3.8, 4) is 6.07 Å². The number of hydrogen-bond donors (Lipinski definition) is 0. The first-order valence-corrected chi connectivity index (χ1v) is 6.08. The Kier molecular flexibility index (Phi) is 3.76. The molecule has 0 aromatic carbocycles. The van der Waals surface area contributed by atoms with E-state index in [9.17, 15) is 13.2 Å². The summed E-state index contributed by atoms with van der Waals surface area (Å²) in [7, 11) is 0. The molecule has 0 saturated carbocycles. The van der Waals surface area contributed by atoms with E-state index >= 15 is 0 Å². The third-order valence-corrected chi connectivity index (χ3v) is 3.57. The summed E-state index contributed by atoms with van der Waals surface area (Å²) in [5.74, 6) is -1.24. The average Bonchev–Trinajstić information content (AvgIpc) is 2.87. The van der Waals surface area contributed by atoms with Gasteiger partial charge in [-0.15, -0.1) is 0 Å². The zero-order valence-corrected chi connectivity index (χ0v) is 10.5. The normalized spacial score (nSPS) is 22.2. The Bertz CT molecular complexity index is 475. The third-order valence-electron chi connectivity index (χ3n) is 3.57. The van der Waals surface area contributed by atoms with Crippen LogP contribution in [0.2, 0.25) is 0 Å². The van der Waals surface area contributed by atoms with Crippen molar-refractivity contribution in [2.45, 2.75) is 25.6 Å². The molecule has 2 atom stereocenters. The molecule has 1 aliphatic rings. The Balaban J connectivity index is 2.05. The summed E-state index contributed by atoms with van der Waals surface area (Å²) in [6.45, 7) is 2.28. The van der Waals surface area contributed by atoms with Crippen LogP contribution in [0.25, 0.3) is 0 Å². The van der Waals surface area contributed by atoms with Crippen LogP contribution in [0.5, 0.6) is 0 Å². The Morgan fingerprint density at radius 2 is 2.21 bits per heavy atom. The van der Waals surface area contributed by atoms with Gasteiger partial charge in [0.15, 0.2) is 0 Å². The standard InChI is InChI=1S/C13H14F3N3/c1-9(12-3-2-10(6-17)7-18-12)19-5-4-11(8-19)13(14,15)16/h2-3,7,9,11H,4-5,8H2,1H3. The van der Waals surface area contributed by atoms with Crippen LogP contribution in [-0.2, 0) is 0 Å². The van der Waals surface area contributed by atoms with Crippen LogP contribution < -0.4 is 0 Å². The molecular formula is C13H14F3N3. The lowest BCUT2D eigenvalue weighted by Crippen LogP contribution is -2.29. The van der Waals surface area contributed by atoms with Gasteiger partial charge in [-0.1, -0.05) is 0 Å². The van der Waals surface area contributed by atoms with Gasteiger partial charge in [0.05, 0.1) is 17.2 Å². The Morgan fingerprint density at radius 1 is 1.47 bits per heavy atom. The highest BCUT2D eigenvalue weighted by atomic mass is 19.4. The van der Waals surface area contributed by atoms with Crippen molar-refractivity contribution in [1.29, 1.82) is 5.26 Å². The van der Waals surface area contributed by atoms with Crippen molar-refractivity contribution in [3.63, 3.8) is 0 Å². The predicted octanol–water partition coefficient (Wildman–Crippen LogP) is 2.90. The number of likely N-dealkylation sites (tertiary alicyclic amines) is 1. The summed E-state index contributed by atoms with van der Waals surface area (Å²) in [4.78, 5) is 5.92. The van der Waals surface area contributed by atoms with Crippen molar-refractivity contribution < 1.29 is 13.2 Å². The van der Waals surface area contributed by atoms with Crippen LogP contribution in [0.4, 0.5) is 13.2 Å². The molecule has 1 aromatic heterocycles. The molecule has 0 amide bonds. The lowest BCUT2D eigenvalue weighted by molar-refractivity contribution is -0.170. The molecule has 19 heavy (non-hydrogen) atoms. The maximum absolute atomic E-state index is 12.6. The highest BCUT2D eigenvalue weighted by Gasteiger charge is 2.44. The zero-order chi connectivity index (χ0) is 14.0. The largest absolute Gasteiger partial charge is 0.393 e. The minimum absolute atomic E-state index is 0.0202. The Morgan fingerprint density at radius 3 is 2.68 bits per heavy atom. The average molecular weight is 269 g/mol. The zero-order valence-electron chi connectivity index (χ0n) is 10.5. The molecule has 2 rings (SSSR count). The van der Waals surface area contributed by atoms with Gasteiger partial charge < -0.3 is 0 Å². The molecule has 1 aromatic rings. The van der Waals surface area contributed by atoms with E-state index in [0.29, 0.717) is 17.8 Å². The molecule has 2 heterocycles. The molecule has 0 radical (unpaired) electrons. The van der Waals surface area contributed by atoms with E-state index in [1.807, 2.05) is 13.0 Å². The fourth-order valence-corrected chi connectivity index (χ4v) is 2.31. The highest BCUT2D eigenvalue weighted by Crippen LogP contribution is 2.36. The van der Waals surface area contributed by atoms with Crippen molar-refractivity contribution in [2.75, 3.05) is 13.1 Å². The number of nitrogens with zero attached hydrogens (tertiary/aromatic N) is 3. The van der Waals surface area contributed by atoms with Crippen molar-refractivity contribution in [1.82, 2.24) is 9.88 Å². The number of rotatable bonds is 2. The van der Waals surface area contributed by atoms with E-state index in [0.717, 1.165) is 0 Å². The first-order chi connectivity index (χ1) is 8.91. The van der Waals surface area contributed by atoms with Gasteiger partial charge in [0.1, 0.15) is 6.07 Å². The molecule has 0 aliphatic carbocycles. The van der Waals surface area contributed by atoms with E-state index in [4.69, 9.17) is 5.26 Å². The second-order valence-corrected chi connectivity index (χ2v) is 4.78. The number of pyridine rings is 1. The topological polar surface area (TPSA) is 39.9 Å². The fraction of sp³-hybridized carbons (Fsp3) is 0.538. The summed E-state index contributed by atoms with van der Waals surface area (Å²) in [5.41, 5.74) is 1.15. The third kappa shape index (κ3) is 3.04. The maximum Gasteiger partial charge on any atom is 0.393 e. The molecule has 1 aliphatic heterocycles. The van der Waals surface area contributed by atoms with Gasteiger partial charge in [0.2, 0.25) is 0 Å². The summed E-state index contributed by atoms with van der Waals surface area (Å²) < 4.78 is 37.9. The molecule has 0 N–H and O–H groups in total. The molecule has 102 valence electrons. The first kappa shape index (κ1) is 13.8. The molecule has 1 fully saturated rings. The molecule has 0 spiro atoms. The number of alkyl halides is 3. The van der Waals surface area contributed by atoms with E-state index in [2.05, 4.69) is 4.98 Å². The second-order valence-electron chi connectivity index (χ2n) is 4.78. The molecular weight excluding hydrogens is 255 g/mol. The van der Waals surface area contributed by atoms with Gasteiger partial charge in [-0.2, -0.15) is 18.4 Å². The van der Waals surface area contributed by atoms with Crippen LogP contribution in [0.15, 0.2) is 18.3 Å². The van der Waals surface area contributed by atoms with Crippen LogP contribution in [-0.4, -0.2) is 29.1 Å². The second kappa shape index (κ2) is 5.17. The predicted molar refractivity (Wildman–Crippen MR) is 63.1 cm³/mol.